The molecule has 7 heteroatoms. The number of benzene rings is 2. The van der Waals surface area contributed by atoms with Crippen molar-refractivity contribution in [2.24, 2.45) is 0 Å². The maximum atomic E-state index is 12.5. The molecule has 0 spiro atoms. The van der Waals surface area contributed by atoms with E-state index in [1.807, 2.05) is 55.5 Å². The van der Waals surface area contributed by atoms with Crippen molar-refractivity contribution in [2.45, 2.75) is 25.0 Å². The van der Waals surface area contributed by atoms with Gasteiger partial charge in [0.1, 0.15) is 0 Å². The number of amides is 3. The van der Waals surface area contributed by atoms with Gasteiger partial charge in [-0.2, -0.15) is 0 Å². The second-order valence-corrected chi connectivity index (χ2v) is 7.96. The number of rotatable bonds is 5. The quantitative estimate of drug-likeness (QED) is 0.618. The zero-order valence-corrected chi connectivity index (χ0v) is 16.1. The second kappa shape index (κ2) is 7.52. The van der Waals surface area contributed by atoms with Crippen molar-refractivity contribution >= 4 is 45.4 Å². The number of carbonyl (C=O) groups excluding carboxylic acids is 3. The number of anilines is 1. The molecule has 3 N–H and O–H groups in total. The molecule has 2 heterocycles. The third-order valence-electron chi connectivity index (χ3n) is 4.79. The molecule has 4 rings (SSSR count). The molecular formula is C21H19N3O3S. The zero-order valence-electron chi connectivity index (χ0n) is 15.2. The zero-order chi connectivity index (χ0) is 19.7. The van der Waals surface area contributed by atoms with E-state index in [-0.39, 0.29) is 17.1 Å². The Hall–Kier alpha value is -3.06. The highest BCUT2D eigenvalue weighted by atomic mass is 32.2. The molecule has 1 saturated heterocycles. The van der Waals surface area contributed by atoms with Gasteiger partial charge in [0.2, 0.25) is 11.8 Å². The largest absolute Gasteiger partial charge is 0.358 e. The number of hydrogen-bond donors (Lipinski definition) is 3. The average molecular weight is 393 g/mol. The van der Waals surface area contributed by atoms with Gasteiger partial charge in [-0.15, -0.1) is 0 Å². The fourth-order valence-electron chi connectivity index (χ4n) is 3.39. The maximum absolute atomic E-state index is 12.5. The van der Waals surface area contributed by atoms with E-state index in [1.54, 1.807) is 0 Å². The van der Waals surface area contributed by atoms with Crippen LogP contribution in [-0.2, 0) is 22.4 Å². The summed E-state index contributed by atoms with van der Waals surface area (Å²) in [5, 5.41) is 5.58. The van der Waals surface area contributed by atoms with Gasteiger partial charge in [-0.05, 0) is 42.7 Å². The molecule has 0 aliphatic carbocycles. The minimum absolute atomic E-state index is 0.0862. The number of nitrogens with one attached hydrogen (secondary N) is 3. The van der Waals surface area contributed by atoms with Crippen LogP contribution in [0, 0.1) is 6.92 Å². The normalized spacial score (nSPS) is 16.4. The number of H-pyrrole nitrogens is 1. The van der Waals surface area contributed by atoms with Crippen LogP contribution in [0.15, 0.2) is 48.5 Å². The minimum atomic E-state index is -0.391. The number of aryl methyl sites for hydroxylation is 1. The summed E-state index contributed by atoms with van der Waals surface area (Å²) >= 11 is 1.02. The van der Waals surface area contributed by atoms with Gasteiger partial charge in [0.15, 0.2) is 0 Å². The first-order valence-electron chi connectivity index (χ1n) is 8.96. The first-order valence-corrected chi connectivity index (χ1v) is 9.84. The molecule has 0 saturated carbocycles. The molecule has 0 bridgehead atoms. The molecule has 3 amide bonds. The first kappa shape index (κ1) is 18.3. The van der Waals surface area contributed by atoms with Gasteiger partial charge in [-0.3, -0.25) is 19.7 Å². The molecule has 6 nitrogen and oxygen atoms in total. The topological polar surface area (TPSA) is 91.1 Å². The lowest BCUT2D eigenvalue weighted by Crippen LogP contribution is -2.25. The van der Waals surface area contributed by atoms with Crippen LogP contribution in [0.25, 0.3) is 10.9 Å². The van der Waals surface area contributed by atoms with E-state index in [4.69, 9.17) is 0 Å². The number of aromatic nitrogens is 1. The highest BCUT2D eigenvalue weighted by Gasteiger charge is 2.31. The fourth-order valence-corrected chi connectivity index (χ4v) is 4.25. The summed E-state index contributed by atoms with van der Waals surface area (Å²) in [6.07, 6.45) is 0.767. The Morgan fingerprint density at radius 1 is 1.11 bits per heavy atom. The molecular weight excluding hydrogens is 374 g/mol. The van der Waals surface area contributed by atoms with E-state index in [2.05, 4.69) is 15.6 Å². The lowest BCUT2D eigenvalue weighted by molar-refractivity contribution is -0.119. The summed E-state index contributed by atoms with van der Waals surface area (Å²) in [5.41, 5.74) is 4.66. The fraction of sp³-hybridized carbons (Fsp3) is 0.190. The predicted molar refractivity (Wildman–Crippen MR) is 110 cm³/mol. The molecule has 1 aliphatic rings. The van der Waals surface area contributed by atoms with Crippen molar-refractivity contribution in [3.63, 3.8) is 0 Å². The SMILES string of the molecule is Cc1[nH]c2ccccc2c1CC(=O)Nc1ccc(CC2SC(=O)NC2=O)cc1. The molecule has 1 unspecified atom stereocenters. The van der Waals surface area contributed by atoms with Gasteiger partial charge < -0.3 is 10.3 Å². The molecule has 28 heavy (non-hydrogen) atoms. The Kier molecular flexibility index (Phi) is 4.92. The predicted octanol–water partition coefficient (Wildman–Crippen LogP) is 3.55. The monoisotopic (exact) mass is 393 g/mol. The smallest absolute Gasteiger partial charge is 0.286 e. The van der Waals surface area contributed by atoms with Crippen molar-refractivity contribution in [2.75, 3.05) is 5.32 Å². The van der Waals surface area contributed by atoms with Crippen LogP contribution in [0.4, 0.5) is 10.5 Å². The number of fused-ring (bicyclic) bond motifs is 1. The van der Waals surface area contributed by atoms with Gasteiger partial charge in [0.25, 0.3) is 5.24 Å². The first-order chi connectivity index (χ1) is 13.5. The Balaban J connectivity index is 1.40. The summed E-state index contributed by atoms with van der Waals surface area (Å²) in [6, 6.07) is 15.3. The second-order valence-electron chi connectivity index (χ2n) is 6.78. The third-order valence-corrected chi connectivity index (χ3v) is 5.77. The molecule has 1 aliphatic heterocycles. The van der Waals surface area contributed by atoms with Crippen LogP contribution >= 0.6 is 11.8 Å². The van der Waals surface area contributed by atoms with Crippen molar-refractivity contribution in [3.05, 3.63) is 65.4 Å². The molecule has 3 aromatic rings. The van der Waals surface area contributed by atoms with Crippen LogP contribution in [0.1, 0.15) is 16.8 Å². The summed E-state index contributed by atoms with van der Waals surface area (Å²) in [4.78, 5) is 38.7. The van der Waals surface area contributed by atoms with Gasteiger partial charge in [0.05, 0.1) is 11.7 Å². The number of carbonyl (C=O) groups is 3. The Labute approximate surface area is 166 Å². The lowest BCUT2D eigenvalue weighted by Gasteiger charge is -2.08. The highest BCUT2D eigenvalue weighted by Crippen LogP contribution is 2.24. The summed E-state index contributed by atoms with van der Waals surface area (Å²) < 4.78 is 0. The Morgan fingerprint density at radius 2 is 1.86 bits per heavy atom. The van der Waals surface area contributed by atoms with Crippen LogP contribution in [0.2, 0.25) is 0 Å². The van der Waals surface area contributed by atoms with Gasteiger partial charge in [-0.1, -0.05) is 42.1 Å². The van der Waals surface area contributed by atoms with Gasteiger partial charge in [0, 0.05) is 22.3 Å². The molecule has 2 aromatic carbocycles. The molecule has 1 aromatic heterocycles. The van der Waals surface area contributed by atoms with E-state index < -0.39 is 5.25 Å². The van der Waals surface area contributed by atoms with Crippen LogP contribution in [-0.4, -0.2) is 27.3 Å². The van der Waals surface area contributed by atoms with E-state index in [1.165, 1.54) is 0 Å². The molecule has 142 valence electrons. The summed E-state index contributed by atoms with van der Waals surface area (Å²) in [7, 11) is 0. The van der Waals surface area contributed by atoms with E-state index in [0.29, 0.717) is 18.5 Å². The number of hydrogen-bond acceptors (Lipinski definition) is 4. The Bertz CT molecular complexity index is 1070. The minimum Gasteiger partial charge on any atom is -0.358 e. The number of imide groups is 1. The number of aromatic amines is 1. The number of para-hydroxylation sites is 1. The van der Waals surface area contributed by atoms with Crippen LogP contribution in [0.3, 0.4) is 0 Å². The van der Waals surface area contributed by atoms with E-state index in [0.717, 1.165) is 39.5 Å². The molecule has 1 atom stereocenters. The maximum Gasteiger partial charge on any atom is 0.286 e. The average Bonchev–Trinajstić information content (AvgIpc) is 3.15. The molecule has 1 fully saturated rings. The molecule has 0 radical (unpaired) electrons. The van der Waals surface area contributed by atoms with Gasteiger partial charge in [-0.25, -0.2) is 0 Å². The van der Waals surface area contributed by atoms with Crippen LogP contribution in [0.5, 0.6) is 0 Å². The Morgan fingerprint density at radius 3 is 2.57 bits per heavy atom. The highest BCUT2D eigenvalue weighted by molar-refractivity contribution is 8.15. The van der Waals surface area contributed by atoms with E-state index in [9.17, 15) is 14.4 Å². The van der Waals surface area contributed by atoms with Crippen molar-refractivity contribution in [1.29, 1.82) is 0 Å². The summed E-state index contributed by atoms with van der Waals surface area (Å²) in [5.74, 6) is -0.335. The van der Waals surface area contributed by atoms with Crippen LogP contribution < -0.4 is 10.6 Å². The number of thioether (sulfide) groups is 1. The lowest BCUT2D eigenvalue weighted by atomic mass is 10.1. The van der Waals surface area contributed by atoms with Crippen molar-refractivity contribution in [3.8, 4) is 0 Å². The van der Waals surface area contributed by atoms with E-state index >= 15 is 0 Å². The third kappa shape index (κ3) is 3.80. The van der Waals surface area contributed by atoms with Crippen molar-refractivity contribution in [1.82, 2.24) is 10.3 Å². The standard InChI is InChI=1S/C21H19N3O3S/c1-12-16(15-4-2-3-5-17(15)22-12)11-19(25)23-14-8-6-13(7-9-14)10-18-20(26)24-21(27)28-18/h2-9,18,22H,10-11H2,1H3,(H,23,25)(H,24,26,27). The van der Waals surface area contributed by atoms with Gasteiger partial charge >= 0.3 is 0 Å². The summed E-state index contributed by atoms with van der Waals surface area (Å²) in [6.45, 7) is 1.97. The van der Waals surface area contributed by atoms with Crippen molar-refractivity contribution < 1.29 is 14.4 Å².